The Morgan fingerprint density at radius 2 is 1.76 bits per heavy atom. The third-order valence-corrected chi connectivity index (χ3v) is 6.45. The van der Waals surface area contributed by atoms with Crippen molar-refractivity contribution in [1.29, 1.82) is 0 Å². The molecular weight excluding hydrogens is 472 g/mol. The van der Waals surface area contributed by atoms with Crippen LogP contribution in [0, 0.1) is 6.92 Å². The predicted octanol–water partition coefficient (Wildman–Crippen LogP) is 6.36. The number of hydrogen-bond acceptors (Lipinski definition) is 4. The van der Waals surface area contributed by atoms with E-state index < -0.39 is 0 Å². The zero-order valence-corrected chi connectivity index (χ0v) is 22.0. The molecule has 0 saturated heterocycles. The van der Waals surface area contributed by atoms with Crippen molar-refractivity contribution in [3.8, 4) is 0 Å². The Hall–Kier alpha value is -4.58. The number of carbonyl (C=O) groups excluding carboxylic acids is 2. The van der Waals surface area contributed by atoms with Crippen molar-refractivity contribution < 1.29 is 9.59 Å². The van der Waals surface area contributed by atoms with Crippen LogP contribution in [0.3, 0.4) is 0 Å². The molecule has 6 nitrogen and oxygen atoms in total. The fourth-order valence-electron chi connectivity index (χ4n) is 4.26. The van der Waals surface area contributed by atoms with Crippen molar-refractivity contribution >= 4 is 34.6 Å². The van der Waals surface area contributed by atoms with Crippen LogP contribution in [0.1, 0.15) is 48.2 Å². The average Bonchev–Trinajstić information content (AvgIpc) is 3.33. The van der Waals surface area contributed by atoms with Crippen LogP contribution in [0.15, 0.2) is 112 Å². The molecule has 0 fully saturated rings. The van der Waals surface area contributed by atoms with Crippen LogP contribution in [0.4, 0.5) is 5.69 Å². The number of carbonyl (C=O) groups is 2. The van der Waals surface area contributed by atoms with E-state index in [1.807, 2.05) is 68.6 Å². The van der Waals surface area contributed by atoms with E-state index in [1.54, 1.807) is 31.2 Å². The van der Waals surface area contributed by atoms with Crippen molar-refractivity contribution in [3.63, 3.8) is 0 Å². The van der Waals surface area contributed by atoms with E-state index in [2.05, 4.69) is 22.2 Å². The number of amides is 2. The minimum atomic E-state index is -0.242. The standard InChI is InChI=1S/C32H32N4O2/c1-21-9-5-6-10-28(21)24(4)35-30-12-8-7-11-29(30)23(3)31(37)36-27-15-13-26(14-16-27)32(38)33-18-17-25-19-22(2)34-20-25/h5-16,20H,4,17-19H2,1-3H3,(H,33,38)(H,36,37)/b29-23+,35-30?. The van der Waals surface area contributed by atoms with Crippen molar-refractivity contribution in [3.05, 3.63) is 119 Å². The molecule has 38 heavy (non-hydrogen) atoms. The highest BCUT2D eigenvalue weighted by Crippen LogP contribution is 2.23. The predicted molar refractivity (Wildman–Crippen MR) is 156 cm³/mol. The number of hydrogen-bond donors (Lipinski definition) is 2. The van der Waals surface area contributed by atoms with Crippen molar-refractivity contribution in [1.82, 2.24) is 5.32 Å². The van der Waals surface area contributed by atoms with Gasteiger partial charge in [0.2, 0.25) is 0 Å². The van der Waals surface area contributed by atoms with E-state index in [1.165, 1.54) is 5.57 Å². The lowest BCUT2D eigenvalue weighted by atomic mass is 9.98. The molecular formula is C32H32N4O2. The first-order chi connectivity index (χ1) is 18.3. The van der Waals surface area contributed by atoms with Gasteiger partial charge in [-0.05, 0) is 68.7 Å². The molecule has 2 aromatic rings. The normalized spacial score (nSPS) is 16.7. The van der Waals surface area contributed by atoms with Crippen LogP contribution >= 0.6 is 0 Å². The Morgan fingerprint density at radius 3 is 2.47 bits per heavy atom. The van der Waals surface area contributed by atoms with Gasteiger partial charge in [0.1, 0.15) is 0 Å². The maximum absolute atomic E-state index is 13.1. The Bertz CT molecular complexity index is 1450. The molecule has 2 aromatic carbocycles. The van der Waals surface area contributed by atoms with E-state index in [0.717, 1.165) is 35.3 Å². The Morgan fingerprint density at radius 1 is 1.03 bits per heavy atom. The molecule has 2 aliphatic rings. The second-order valence-corrected chi connectivity index (χ2v) is 9.38. The highest BCUT2D eigenvalue weighted by molar-refractivity contribution is 6.19. The molecule has 0 atom stereocenters. The smallest absolute Gasteiger partial charge is 0.251 e. The van der Waals surface area contributed by atoms with Crippen molar-refractivity contribution in [2.45, 2.75) is 33.6 Å². The first-order valence-electron chi connectivity index (χ1n) is 12.6. The van der Waals surface area contributed by atoms with Gasteiger partial charge in [-0.1, -0.05) is 49.1 Å². The van der Waals surface area contributed by atoms with Crippen LogP contribution in [0.25, 0.3) is 5.70 Å². The average molecular weight is 505 g/mol. The number of aliphatic imine (C=N–C) groups is 2. The minimum Gasteiger partial charge on any atom is -0.352 e. The van der Waals surface area contributed by atoms with Gasteiger partial charge in [0.05, 0.1) is 11.4 Å². The molecule has 1 heterocycles. The highest BCUT2D eigenvalue weighted by Gasteiger charge is 2.16. The van der Waals surface area contributed by atoms with Gasteiger partial charge in [0.25, 0.3) is 11.8 Å². The van der Waals surface area contributed by atoms with Gasteiger partial charge < -0.3 is 10.6 Å². The summed E-state index contributed by atoms with van der Waals surface area (Å²) in [7, 11) is 0. The number of anilines is 1. The number of nitrogens with one attached hydrogen (secondary N) is 2. The lowest BCUT2D eigenvalue weighted by molar-refractivity contribution is -0.112. The summed E-state index contributed by atoms with van der Waals surface area (Å²) in [4.78, 5) is 34.6. The second kappa shape index (κ2) is 12.1. The zero-order chi connectivity index (χ0) is 27.1. The van der Waals surface area contributed by atoms with Gasteiger partial charge in [0.15, 0.2) is 0 Å². The maximum atomic E-state index is 13.1. The third-order valence-electron chi connectivity index (χ3n) is 6.45. The molecule has 192 valence electrons. The van der Waals surface area contributed by atoms with Gasteiger partial charge in [-0.2, -0.15) is 0 Å². The Balaban J connectivity index is 1.39. The van der Waals surface area contributed by atoms with E-state index in [-0.39, 0.29) is 11.8 Å². The number of allylic oxidation sites excluding steroid dienone is 5. The van der Waals surface area contributed by atoms with Gasteiger partial charge in [0, 0.05) is 52.8 Å². The highest BCUT2D eigenvalue weighted by atomic mass is 16.2. The van der Waals surface area contributed by atoms with Crippen LogP contribution in [0.5, 0.6) is 0 Å². The summed E-state index contributed by atoms with van der Waals surface area (Å²) < 4.78 is 0. The number of nitrogens with zero attached hydrogens (tertiary/aromatic N) is 2. The summed E-state index contributed by atoms with van der Waals surface area (Å²) in [5.74, 6) is -0.389. The molecule has 0 bridgehead atoms. The SMILES string of the molecule is C=C(N=C1C=CC=C/C1=C(/C)C(=O)Nc1ccc(C(=O)NCCC2=CN=C(C)C2)cc1)c1ccccc1C. The molecule has 0 spiro atoms. The molecule has 6 heteroatoms. The number of benzene rings is 2. The first-order valence-corrected chi connectivity index (χ1v) is 12.6. The molecule has 1 aliphatic carbocycles. The summed E-state index contributed by atoms with van der Waals surface area (Å²) >= 11 is 0. The fraction of sp³-hybridized carbons (Fsp3) is 0.188. The summed E-state index contributed by atoms with van der Waals surface area (Å²) in [6.45, 7) is 10.5. The monoisotopic (exact) mass is 504 g/mol. The number of rotatable bonds is 8. The minimum absolute atomic E-state index is 0.147. The fourth-order valence-corrected chi connectivity index (χ4v) is 4.26. The summed E-state index contributed by atoms with van der Waals surface area (Å²) in [6, 6.07) is 14.8. The van der Waals surface area contributed by atoms with Gasteiger partial charge in [-0.25, -0.2) is 4.99 Å². The molecule has 0 unspecified atom stereocenters. The molecule has 0 saturated carbocycles. The van der Waals surface area contributed by atoms with Crippen molar-refractivity contribution in [2.24, 2.45) is 9.98 Å². The molecule has 1 aliphatic heterocycles. The van der Waals surface area contributed by atoms with Crippen LogP contribution in [-0.2, 0) is 4.79 Å². The van der Waals surface area contributed by atoms with E-state index in [0.29, 0.717) is 34.8 Å². The largest absolute Gasteiger partial charge is 0.352 e. The maximum Gasteiger partial charge on any atom is 0.251 e. The summed E-state index contributed by atoms with van der Waals surface area (Å²) in [6.07, 6.45) is 11.1. The van der Waals surface area contributed by atoms with Gasteiger partial charge in [-0.15, -0.1) is 0 Å². The second-order valence-electron chi connectivity index (χ2n) is 9.38. The quantitative estimate of drug-likeness (QED) is 0.410. The lowest BCUT2D eigenvalue weighted by Crippen LogP contribution is -2.24. The molecule has 2 amide bonds. The zero-order valence-electron chi connectivity index (χ0n) is 22.0. The van der Waals surface area contributed by atoms with Gasteiger partial charge in [-0.3, -0.25) is 14.6 Å². The topological polar surface area (TPSA) is 82.9 Å². The lowest BCUT2D eigenvalue weighted by Gasteiger charge is -2.14. The van der Waals surface area contributed by atoms with E-state index in [9.17, 15) is 9.59 Å². The number of aryl methyl sites for hydroxylation is 1. The molecule has 2 N–H and O–H groups in total. The van der Waals surface area contributed by atoms with E-state index in [4.69, 9.17) is 4.99 Å². The molecule has 0 aromatic heterocycles. The van der Waals surface area contributed by atoms with Crippen molar-refractivity contribution in [2.75, 3.05) is 11.9 Å². The van der Waals surface area contributed by atoms with Gasteiger partial charge >= 0.3 is 0 Å². The van der Waals surface area contributed by atoms with Crippen LogP contribution < -0.4 is 10.6 Å². The molecule has 0 radical (unpaired) electrons. The Labute approximate surface area is 224 Å². The summed E-state index contributed by atoms with van der Waals surface area (Å²) in [5, 5.41) is 5.86. The van der Waals surface area contributed by atoms with Crippen LogP contribution in [0.2, 0.25) is 0 Å². The molecule has 4 rings (SSSR count). The first kappa shape index (κ1) is 26.5. The Kier molecular flexibility index (Phi) is 8.44. The van der Waals surface area contributed by atoms with Crippen LogP contribution in [-0.4, -0.2) is 29.8 Å². The third kappa shape index (κ3) is 6.59. The van der Waals surface area contributed by atoms with E-state index >= 15 is 0 Å². The summed E-state index contributed by atoms with van der Waals surface area (Å²) in [5.41, 5.74) is 8.10.